The van der Waals surface area contributed by atoms with Gasteiger partial charge in [0.1, 0.15) is 11.5 Å². The predicted molar refractivity (Wildman–Crippen MR) is 96.1 cm³/mol. The molecule has 9 heteroatoms. The van der Waals surface area contributed by atoms with E-state index in [-0.39, 0.29) is 11.8 Å². The number of hydrogen-bond donors (Lipinski definition) is 0. The lowest BCUT2D eigenvalue weighted by Crippen LogP contribution is -2.40. The van der Waals surface area contributed by atoms with Crippen LogP contribution in [0.15, 0.2) is 33.7 Å². The van der Waals surface area contributed by atoms with Gasteiger partial charge in [-0.25, -0.2) is 4.98 Å². The number of amides is 1. The number of piperidine rings is 1. The summed E-state index contributed by atoms with van der Waals surface area (Å²) in [5.74, 6) is 2.47. The van der Waals surface area contributed by atoms with E-state index in [1.54, 1.807) is 24.7 Å². The summed E-state index contributed by atoms with van der Waals surface area (Å²) >= 11 is 0. The molecule has 1 saturated heterocycles. The summed E-state index contributed by atoms with van der Waals surface area (Å²) in [6, 6.07) is 1.80. The van der Waals surface area contributed by atoms with E-state index in [9.17, 15) is 4.79 Å². The Hall–Kier alpha value is -3.10. The highest BCUT2D eigenvalue weighted by Crippen LogP contribution is 2.40. The highest BCUT2D eigenvalue weighted by molar-refractivity contribution is 5.92. The van der Waals surface area contributed by atoms with Crippen LogP contribution in [0.3, 0.4) is 0 Å². The minimum Gasteiger partial charge on any atom is -0.360 e. The molecule has 3 aromatic rings. The number of aromatic nitrogens is 5. The lowest BCUT2D eigenvalue weighted by atomic mass is 9.94. The summed E-state index contributed by atoms with van der Waals surface area (Å²) in [6.45, 7) is 1.38. The molecule has 1 saturated carbocycles. The van der Waals surface area contributed by atoms with Gasteiger partial charge in [-0.1, -0.05) is 10.3 Å². The topological polar surface area (TPSA) is 111 Å². The number of nitrogens with zero attached hydrogens (tertiary/aromatic N) is 6. The van der Waals surface area contributed by atoms with Crippen LogP contribution in [0.1, 0.15) is 53.7 Å². The van der Waals surface area contributed by atoms with E-state index >= 15 is 0 Å². The average Bonchev–Trinajstić information content (AvgIpc) is 3.28. The first-order valence-corrected chi connectivity index (χ1v) is 9.61. The van der Waals surface area contributed by atoms with Crippen LogP contribution in [-0.4, -0.2) is 49.2 Å². The second kappa shape index (κ2) is 7.14. The van der Waals surface area contributed by atoms with E-state index in [0.29, 0.717) is 42.0 Å². The van der Waals surface area contributed by atoms with Crippen LogP contribution >= 0.6 is 0 Å². The van der Waals surface area contributed by atoms with Gasteiger partial charge in [0, 0.05) is 43.9 Å². The molecular formula is C19H20N6O3. The zero-order valence-corrected chi connectivity index (χ0v) is 15.3. The van der Waals surface area contributed by atoms with Crippen LogP contribution in [-0.2, 0) is 6.42 Å². The molecule has 2 fully saturated rings. The van der Waals surface area contributed by atoms with Gasteiger partial charge in [-0.2, -0.15) is 4.98 Å². The number of rotatable bonds is 5. The molecule has 28 heavy (non-hydrogen) atoms. The van der Waals surface area contributed by atoms with Crippen molar-refractivity contribution >= 4 is 5.91 Å². The number of hydrogen-bond acceptors (Lipinski definition) is 8. The van der Waals surface area contributed by atoms with Crippen molar-refractivity contribution in [1.29, 1.82) is 0 Å². The van der Waals surface area contributed by atoms with Crippen LogP contribution < -0.4 is 0 Å². The van der Waals surface area contributed by atoms with E-state index < -0.39 is 0 Å². The maximum absolute atomic E-state index is 12.8. The SMILES string of the molecule is O=C(c1cc(C2CC2)on1)N1CCCC(Cc2nc(-c3cnccn3)no2)C1. The molecule has 0 bridgehead atoms. The third-order valence-electron chi connectivity index (χ3n) is 5.26. The fourth-order valence-corrected chi connectivity index (χ4v) is 3.63. The van der Waals surface area contributed by atoms with E-state index in [2.05, 4.69) is 25.3 Å². The molecule has 0 aromatic carbocycles. The van der Waals surface area contributed by atoms with Crippen LogP contribution in [0.4, 0.5) is 0 Å². The minimum atomic E-state index is -0.0638. The number of carbonyl (C=O) groups excluding carboxylic acids is 1. The van der Waals surface area contributed by atoms with Gasteiger partial charge in [0.25, 0.3) is 5.91 Å². The average molecular weight is 380 g/mol. The second-order valence-electron chi connectivity index (χ2n) is 7.45. The summed E-state index contributed by atoms with van der Waals surface area (Å²) in [5.41, 5.74) is 0.987. The molecule has 5 rings (SSSR count). The van der Waals surface area contributed by atoms with Crippen LogP contribution in [0.25, 0.3) is 11.5 Å². The van der Waals surface area contributed by atoms with E-state index in [1.807, 2.05) is 4.90 Å². The van der Waals surface area contributed by atoms with Crippen molar-refractivity contribution in [3.05, 3.63) is 42.0 Å². The summed E-state index contributed by atoms with van der Waals surface area (Å²) in [7, 11) is 0. The van der Waals surface area contributed by atoms with E-state index in [0.717, 1.165) is 38.0 Å². The summed E-state index contributed by atoms with van der Waals surface area (Å²) in [6.07, 6.45) is 9.61. The zero-order valence-electron chi connectivity index (χ0n) is 15.3. The fourth-order valence-electron chi connectivity index (χ4n) is 3.63. The molecule has 0 radical (unpaired) electrons. The van der Waals surface area contributed by atoms with Gasteiger partial charge in [0.05, 0.1) is 6.20 Å². The van der Waals surface area contributed by atoms with Crippen molar-refractivity contribution in [3.63, 3.8) is 0 Å². The number of carbonyl (C=O) groups is 1. The van der Waals surface area contributed by atoms with Crippen molar-refractivity contribution in [1.82, 2.24) is 30.2 Å². The zero-order chi connectivity index (χ0) is 18.9. The van der Waals surface area contributed by atoms with Crippen molar-refractivity contribution in [2.24, 2.45) is 5.92 Å². The van der Waals surface area contributed by atoms with Crippen molar-refractivity contribution < 1.29 is 13.8 Å². The molecule has 2 aliphatic rings. The Morgan fingerprint density at radius 1 is 1.18 bits per heavy atom. The quantitative estimate of drug-likeness (QED) is 0.664. The maximum Gasteiger partial charge on any atom is 0.276 e. The molecule has 1 amide bonds. The monoisotopic (exact) mass is 380 g/mol. The first-order valence-electron chi connectivity index (χ1n) is 9.61. The van der Waals surface area contributed by atoms with Gasteiger partial charge >= 0.3 is 0 Å². The molecule has 1 atom stereocenters. The normalized spacial score (nSPS) is 19.7. The maximum atomic E-state index is 12.8. The lowest BCUT2D eigenvalue weighted by molar-refractivity contribution is 0.0657. The van der Waals surface area contributed by atoms with E-state index in [4.69, 9.17) is 9.05 Å². The van der Waals surface area contributed by atoms with Crippen LogP contribution in [0.2, 0.25) is 0 Å². The molecule has 9 nitrogen and oxygen atoms in total. The Morgan fingerprint density at radius 2 is 2.11 bits per heavy atom. The van der Waals surface area contributed by atoms with Crippen molar-refractivity contribution in [2.45, 2.75) is 38.0 Å². The Morgan fingerprint density at radius 3 is 2.93 bits per heavy atom. The predicted octanol–water partition coefficient (Wildman–Crippen LogP) is 2.49. The molecule has 1 aliphatic carbocycles. The largest absolute Gasteiger partial charge is 0.360 e. The highest BCUT2D eigenvalue weighted by Gasteiger charge is 2.31. The number of likely N-dealkylation sites (tertiary alicyclic amines) is 1. The molecule has 144 valence electrons. The van der Waals surface area contributed by atoms with Gasteiger partial charge in [0.2, 0.25) is 11.7 Å². The Bertz CT molecular complexity index is 965. The standard InChI is InChI=1S/C19H20N6O3/c26-19(14-9-16(27-23-14)13-3-4-13)25-7-1-2-12(11-25)8-17-22-18(24-28-17)15-10-20-5-6-21-15/h5-6,9-10,12-13H,1-4,7-8,11H2. The molecule has 4 heterocycles. The molecule has 0 N–H and O–H groups in total. The van der Waals surface area contributed by atoms with Gasteiger partial charge in [-0.3, -0.25) is 9.78 Å². The third kappa shape index (κ3) is 3.51. The highest BCUT2D eigenvalue weighted by atomic mass is 16.5. The smallest absolute Gasteiger partial charge is 0.276 e. The van der Waals surface area contributed by atoms with Gasteiger partial charge in [-0.05, 0) is 31.6 Å². The van der Waals surface area contributed by atoms with Gasteiger partial charge < -0.3 is 13.9 Å². The summed E-state index contributed by atoms with van der Waals surface area (Å²) in [4.78, 5) is 27.3. The first kappa shape index (κ1) is 17.0. The van der Waals surface area contributed by atoms with E-state index in [1.165, 1.54) is 0 Å². The third-order valence-corrected chi connectivity index (χ3v) is 5.26. The lowest BCUT2D eigenvalue weighted by Gasteiger charge is -2.31. The second-order valence-corrected chi connectivity index (χ2v) is 7.45. The molecule has 1 unspecified atom stereocenters. The molecule has 3 aromatic heterocycles. The Kier molecular flexibility index (Phi) is 4.34. The van der Waals surface area contributed by atoms with Gasteiger partial charge in [0.15, 0.2) is 5.69 Å². The van der Waals surface area contributed by atoms with Crippen molar-refractivity contribution in [3.8, 4) is 11.5 Å². The van der Waals surface area contributed by atoms with Crippen LogP contribution in [0, 0.1) is 5.92 Å². The molecule has 1 aliphatic heterocycles. The van der Waals surface area contributed by atoms with Crippen molar-refractivity contribution in [2.75, 3.05) is 13.1 Å². The minimum absolute atomic E-state index is 0.0638. The Balaban J connectivity index is 1.23. The van der Waals surface area contributed by atoms with Crippen LogP contribution in [0.5, 0.6) is 0 Å². The fraction of sp³-hybridized carbons (Fsp3) is 0.474. The van der Waals surface area contributed by atoms with Gasteiger partial charge in [-0.15, -0.1) is 0 Å². The molecule has 0 spiro atoms. The Labute approximate surface area is 161 Å². The summed E-state index contributed by atoms with van der Waals surface area (Å²) in [5, 5.41) is 7.97. The summed E-state index contributed by atoms with van der Waals surface area (Å²) < 4.78 is 10.7. The molecular weight excluding hydrogens is 360 g/mol. The first-order chi connectivity index (χ1) is 13.8.